The molecule has 0 aromatic heterocycles. The predicted octanol–water partition coefficient (Wildman–Crippen LogP) is 2.53. The van der Waals surface area contributed by atoms with Crippen molar-refractivity contribution in [3.63, 3.8) is 0 Å². The van der Waals surface area contributed by atoms with E-state index in [-0.39, 0.29) is 30.0 Å². The molecule has 0 unspecified atom stereocenters. The van der Waals surface area contributed by atoms with Gasteiger partial charge in [0.15, 0.2) is 0 Å². The van der Waals surface area contributed by atoms with Crippen LogP contribution >= 0.6 is 0 Å². The number of halogens is 1. The number of carbonyl (C=O) groups excluding carboxylic acids is 2. The van der Waals surface area contributed by atoms with Gasteiger partial charge in [0, 0.05) is 50.5 Å². The first kappa shape index (κ1) is 17.5. The Labute approximate surface area is 158 Å². The van der Waals surface area contributed by atoms with Crippen molar-refractivity contribution in [3.8, 4) is 0 Å². The zero-order valence-corrected chi connectivity index (χ0v) is 15.1. The number of amides is 2. The summed E-state index contributed by atoms with van der Waals surface area (Å²) in [5, 5.41) is 0. The highest BCUT2D eigenvalue weighted by molar-refractivity contribution is 6.00. The molecule has 2 aliphatic heterocycles. The molecular formula is C21H22FN3O2. The molecule has 27 heavy (non-hydrogen) atoms. The maximum atomic E-state index is 13.1. The van der Waals surface area contributed by atoms with E-state index in [1.807, 2.05) is 23.1 Å². The molecule has 2 fully saturated rings. The van der Waals surface area contributed by atoms with Crippen molar-refractivity contribution >= 4 is 23.2 Å². The Balaban J connectivity index is 1.36. The van der Waals surface area contributed by atoms with Crippen LogP contribution in [0, 0.1) is 11.7 Å². The summed E-state index contributed by atoms with van der Waals surface area (Å²) in [5.41, 5.74) is 1.81. The van der Waals surface area contributed by atoms with Gasteiger partial charge in [-0.15, -0.1) is 0 Å². The van der Waals surface area contributed by atoms with Crippen LogP contribution in [0.25, 0.3) is 0 Å². The lowest BCUT2D eigenvalue weighted by atomic mass is 10.1. The van der Waals surface area contributed by atoms with E-state index >= 15 is 0 Å². The molecule has 2 heterocycles. The lowest BCUT2D eigenvalue weighted by Gasteiger charge is -2.37. The van der Waals surface area contributed by atoms with Gasteiger partial charge in [0.05, 0.1) is 5.92 Å². The quantitative estimate of drug-likeness (QED) is 0.837. The van der Waals surface area contributed by atoms with Crippen LogP contribution in [0.15, 0.2) is 54.6 Å². The van der Waals surface area contributed by atoms with Gasteiger partial charge < -0.3 is 14.7 Å². The van der Waals surface area contributed by atoms with E-state index in [2.05, 4.69) is 17.0 Å². The molecule has 0 bridgehead atoms. The van der Waals surface area contributed by atoms with E-state index in [1.54, 1.807) is 17.0 Å². The van der Waals surface area contributed by atoms with Gasteiger partial charge >= 0.3 is 0 Å². The Morgan fingerprint density at radius 1 is 0.889 bits per heavy atom. The molecule has 6 heteroatoms. The number of para-hydroxylation sites is 1. The number of rotatable bonds is 3. The van der Waals surface area contributed by atoms with Crippen molar-refractivity contribution in [1.82, 2.24) is 4.90 Å². The van der Waals surface area contributed by atoms with Gasteiger partial charge in [-0.1, -0.05) is 18.2 Å². The van der Waals surface area contributed by atoms with Crippen molar-refractivity contribution in [1.29, 1.82) is 0 Å². The van der Waals surface area contributed by atoms with Gasteiger partial charge in [-0.25, -0.2) is 4.39 Å². The third-order valence-electron chi connectivity index (χ3n) is 5.33. The summed E-state index contributed by atoms with van der Waals surface area (Å²) < 4.78 is 13.1. The van der Waals surface area contributed by atoms with Crippen molar-refractivity contribution in [3.05, 3.63) is 60.4 Å². The number of anilines is 2. The van der Waals surface area contributed by atoms with E-state index in [0.717, 1.165) is 13.1 Å². The normalized spacial score (nSPS) is 20.3. The van der Waals surface area contributed by atoms with Crippen molar-refractivity contribution < 1.29 is 14.0 Å². The average molecular weight is 367 g/mol. The van der Waals surface area contributed by atoms with E-state index in [9.17, 15) is 14.0 Å². The number of hydrogen-bond donors (Lipinski definition) is 0. The molecule has 0 spiro atoms. The topological polar surface area (TPSA) is 43.9 Å². The molecule has 140 valence electrons. The minimum atomic E-state index is -0.339. The SMILES string of the molecule is O=C([C@@H]1CC(=O)N(c2ccc(F)cc2)C1)N1CCN(c2ccccc2)CC1. The Kier molecular flexibility index (Phi) is 4.79. The Bertz CT molecular complexity index is 817. The smallest absolute Gasteiger partial charge is 0.228 e. The minimum Gasteiger partial charge on any atom is -0.368 e. The molecule has 0 saturated carbocycles. The van der Waals surface area contributed by atoms with Crippen LogP contribution in [0.3, 0.4) is 0 Å². The lowest BCUT2D eigenvalue weighted by Crippen LogP contribution is -2.50. The molecule has 5 nitrogen and oxygen atoms in total. The summed E-state index contributed by atoms with van der Waals surface area (Å²) in [5.74, 6) is -0.705. The summed E-state index contributed by atoms with van der Waals surface area (Å²) in [6, 6.07) is 16.0. The van der Waals surface area contributed by atoms with Crippen molar-refractivity contribution in [2.24, 2.45) is 5.92 Å². The monoisotopic (exact) mass is 367 g/mol. The number of nitrogens with zero attached hydrogens (tertiary/aromatic N) is 3. The first-order chi connectivity index (χ1) is 13.1. The van der Waals surface area contributed by atoms with Gasteiger partial charge in [0.25, 0.3) is 0 Å². The molecule has 2 saturated heterocycles. The highest BCUT2D eigenvalue weighted by Crippen LogP contribution is 2.27. The summed E-state index contributed by atoms with van der Waals surface area (Å²) in [4.78, 5) is 31.0. The van der Waals surface area contributed by atoms with Gasteiger partial charge in [-0.2, -0.15) is 0 Å². The Morgan fingerprint density at radius 2 is 1.56 bits per heavy atom. The molecule has 0 N–H and O–H groups in total. The Hall–Kier alpha value is -2.89. The standard InChI is InChI=1S/C21H22FN3O2/c22-17-6-8-19(9-7-17)25-15-16(14-20(25)26)21(27)24-12-10-23(11-13-24)18-4-2-1-3-5-18/h1-9,16H,10-15H2/t16-/m1/s1. The largest absolute Gasteiger partial charge is 0.368 e. The molecule has 2 aliphatic rings. The van der Waals surface area contributed by atoms with Crippen LogP contribution in [-0.2, 0) is 9.59 Å². The predicted molar refractivity (Wildman–Crippen MR) is 102 cm³/mol. The van der Waals surface area contributed by atoms with Gasteiger partial charge in [-0.3, -0.25) is 9.59 Å². The number of carbonyl (C=O) groups is 2. The van der Waals surface area contributed by atoms with Crippen LogP contribution in [0.1, 0.15) is 6.42 Å². The zero-order valence-electron chi connectivity index (χ0n) is 15.1. The maximum absolute atomic E-state index is 13.1. The van der Waals surface area contributed by atoms with Crippen molar-refractivity contribution in [2.75, 3.05) is 42.5 Å². The summed E-state index contributed by atoms with van der Waals surface area (Å²) in [7, 11) is 0. The van der Waals surface area contributed by atoms with Gasteiger partial charge in [-0.05, 0) is 36.4 Å². The summed E-state index contributed by atoms with van der Waals surface area (Å²) in [6.45, 7) is 3.27. The lowest BCUT2D eigenvalue weighted by molar-refractivity contribution is -0.136. The van der Waals surface area contributed by atoms with Crippen LogP contribution in [0.2, 0.25) is 0 Å². The Morgan fingerprint density at radius 3 is 2.22 bits per heavy atom. The molecule has 4 rings (SSSR count). The minimum absolute atomic E-state index is 0.0423. The summed E-state index contributed by atoms with van der Waals surface area (Å²) in [6.07, 6.45) is 0.217. The highest BCUT2D eigenvalue weighted by Gasteiger charge is 2.37. The molecule has 2 aromatic rings. The fraction of sp³-hybridized carbons (Fsp3) is 0.333. The number of hydrogen-bond acceptors (Lipinski definition) is 3. The van der Waals surface area contributed by atoms with E-state index < -0.39 is 0 Å². The average Bonchev–Trinajstić information content (AvgIpc) is 3.10. The third-order valence-corrected chi connectivity index (χ3v) is 5.33. The molecule has 0 aliphatic carbocycles. The highest BCUT2D eigenvalue weighted by atomic mass is 19.1. The zero-order chi connectivity index (χ0) is 18.8. The second-order valence-corrected chi connectivity index (χ2v) is 7.03. The van der Waals surface area contributed by atoms with E-state index in [0.29, 0.717) is 25.3 Å². The first-order valence-electron chi connectivity index (χ1n) is 9.26. The molecule has 1 atom stereocenters. The fourth-order valence-electron chi connectivity index (χ4n) is 3.83. The van der Waals surface area contributed by atoms with Crippen LogP contribution in [0.5, 0.6) is 0 Å². The second-order valence-electron chi connectivity index (χ2n) is 7.03. The molecular weight excluding hydrogens is 345 g/mol. The van der Waals surface area contributed by atoms with E-state index in [1.165, 1.54) is 17.8 Å². The summed E-state index contributed by atoms with van der Waals surface area (Å²) >= 11 is 0. The second kappa shape index (κ2) is 7.39. The van der Waals surface area contributed by atoms with Crippen molar-refractivity contribution in [2.45, 2.75) is 6.42 Å². The fourth-order valence-corrected chi connectivity index (χ4v) is 3.83. The van der Waals surface area contributed by atoms with Crippen LogP contribution < -0.4 is 9.80 Å². The molecule has 0 radical (unpaired) electrons. The maximum Gasteiger partial charge on any atom is 0.228 e. The van der Waals surface area contributed by atoms with Gasteiger partial charge in [0.2, 0.25) is 11.8 Å². The molecule has 2 amide bonds. The van der Waals surface area contributed by atoms with Crippen LogP contribution in [-0.4, -0.2) is 49.4 Å². The van der Waals surface area contributed by atoms with Crippen LogP contribution in [0.4, 0.5) is 15.8 Å². The number of piperazine rings is 1. The molecule has 2 aromatic carbocycles. The van der Waals surface area contributed by atoms with E-state index in [4.69, 9.17) is 0 Å². The first-order valence-corrected chi connectivity index (χ1v) is 9.26. The third kappa shape index (κ3) is 3.65. The van der Waals surface area contributed by atoms with Gasteiger partial charge in [0.1, 0.15) is 5.82 Å². The number of benzene rings is 2.